The van der Waals surface area contributed by atoms with E-state index in [-0.39, 0.29) is 18.8 Å². The highest BCUT2D eigenvalue weighted by Crippen LogP contribution is 2.12. The van der Waals surface area contributed by atoms with Gasteiger partial charge in [0.2, 0.25) is 0 Å². The maximum Gasteiger partial charge on any atom is 0.407 e. The van der Waals surface area contributed by atoms with E-state index >= 15 is 0 Å². The minimum Gasteiger partial charge on any atom is -0.508 e. The van der Waals surface area contributed by atoms with Crippen LogP contribution in [-0.4, -0.2) is 28.3 Å². The number of nitrogens with one attached hydrogen (secondary N) is 1. The number of ether oxygens (including phenoxy) is 1. The number of alkyl carbamates (subject to hydrolysis) is 1. The summed E-state index contributed by atoms with van der Waals surface area (Å²) in [6.45, 7) is 0.117. The number of carboxylic acids is 1. The Morgan fingerprint density at radius 3 is 2.29 bits per heavy atom. The Hall–Kier alpha value is -3.02. The molecule has 0 aliphatic carbocycles. The van der Waals surface area contributed by atoms with Gasteiger partial charge in [-0.2, -0.15) is 0 Å². The van der Waals surface area contributed by atoms with Gasteiger partial charge in [-0.3, -0.25) is 4.79 Å². The summed E-state index contributed by atoms with van der Waals surface area (Å²) in [7, 11) is 0. The first-order valence-electron chi connectivity index (χ1n) is 7.50. The van der Waals surface area contributed by atoms with Gasteiger partial charge in [0.1, 0.15) is 12.4 Å². The maximum atomic E-state index is 11.9. The maximum absolute atomic E-state index is 11.9. The summed E-state index contributed by atoms with van der Waals surface area (Å²) in [5.74, 6) is -0.883. The van der Waals surface area contributed by atoms with Crippen LogP contribution in [0.5, 0.6) is 5.75 Å². The number of phenols is 1. The van der Waals surface area contributed by atoms with Crippen molar-refractivity contribution in [1.29, 1.82) is 0 Å². The van der Waals surface area contributed by atoms with E-state index in [1.165, 1.54) is 12.1 Å². The van der Waals surface area contributed by atoms with Crippen LogP contribution in [0.4, 0.5) is 4.79 Å². The molecule has 3 N–H and O–H groups in total. The molecule has 0 aliphatic heterocycles. The number of benzene rings is 2. The van der Waals surface area contributed by atoms with Crippen molar-refractivity contribution >= 4 is 12.1 Å². The van der Waals surface area contributed by atoms with Crippen molar-refractivity contribution in [2.45, 2.75) is 25.5 Å². The first kappa shape index (κ1) is 17.3. The molecule has 2 aromatic rings. The number of carbonyl (C=O) groups excluding carboxylic acids is 1. The Bertz CT molecular complexity index is 670. The van der Waals surface area contributed by atoms with Gasteiger partial charge < -0.3 is 20.3 Å². The first-order chi connectivity index (χ1) is 11.5. The molecule has 0 aliphatic rings. The fourth-order valence-electron chi connectivity index (χ4n) is 2.23. The van der Waals surface area contributed by atoms with Gasteiger partial charge in [-0.05, 0) is 29.7 Å². The van der Waals surface area contributed by atoms with E-state index < -0.39 is 18.1 Å². The summed E-state index contributed by atoms with van der Waals surface area (Å²) in [5.41, 5.74) is 1.66. The van der Waals surface area contributed by atoms with E-state index in [1.807, 2.05) is 30.3 Å². The summed E-state index contributed by atoms with van der Waals surface area (Å²) in [5, 5.41) is 20.8. The zero-order valence-electron chi connectivity index (χ0n) is 13.0. The zero-order valence-corrected chi connectivity index (χ0v) is 13.0. The lowest BCUT2D eigenvalue weighted by Gasteiger charge is -2.17. The number of aromatic hydroxyl groups is 1. The third-order valence-corrected chi connectivity index (χ3v) is 3.37. The Balaban J connectivity index is 1.91. The quantitative estimate of drug-likeness (QED) is 0.726. The van der Waals surface area contributed by atoms with Crippen molar-refractivity contribution in [1.82, 2.24) is 5.32 Å². The lowest BCUT2D eigenvalue weighted by Crippen LogP contribution is -2.38. The molecule has 6 heteroatoms. The van der Waals surface area contributed by atoms with Gasteiger partial charge in [0.05, 0.1) is 6.42 Å². The highest BCUT2D eigenvalue weighted by atomic mass is 16.5. The number of carboxylic acid groups (broad SMARTS) is 1. The molecule has 24 heavy (non-hydrogen) atoms. The van der Waals surface area contributed by atoms with Gasteiger partial charge >= 0.3 is 12.1 Å². The second kappa shape index (κ2) is 8.57. The van der Waals surface area contributed by atoms with Crippen molar-refractivity contribution < 1.29 is 24.5 Å². The van der Waals surface area contributed by atoms with E-state index in [0.29, 0.717) is 6.42 Å². The second-order valence-electron chi connectivity index (χ2n) is 5.37. The molecule has 1 atom stereocenters. The molecule has 1 amide bonds. The highest BCUT2D eigenvalue weighted by Gasteiger charge is 2.17. The first-order valence-corrected chi connectivity index (χ1v) is 7.50. The Kier molecular flexibility index (Phi) is 6.19. The average Bonchev–Trinajstić information content (AvgIpc) is 2.55. The number of rotatable bonds is 7. The molecule has 6 nitrogen and oxygen atoms in total. The molecule has 0 bridgehead atoms. The van der Waals surface area contributed by atoms with E-state index in [4.69, 9.17) is 9.84 Å². The van der Waals surface area contributed by atoms with Crippen LogP contribution in [0.25, 0.3) is 0 Å². The van der Waals surface area contributed by atoms with Gasteiger partial charge in [0.25, 0.3) is 0 Å². The molecule has 0 heterocycles. The summed E-state index contributed by atoms with van der Waals surface area (Å²) in [6.07, 6.45) is -0.558. The Labute approximate surface area is 139 Å². The number of aliphatic carboxylic acids is 1. The Morgan fingerprint density at radius 2 is 1.67 bits per heavy atom. The minimum absolute atomic E-state index is 0.117. The smallest absolute Gasteiger partial charge is 0.407 e. The van der Waals surface area contributed by atoms with Crippen molar-refractivity contribution in [2.24, 2.45) is 0 Å². The monoisotopic (exact) mass is 329 g/mol. The van der Waals surface area contributed by atoms with Gasteiger partial charge in [-0.25, -0.2) is 4.79 Å². The van der Waals surface area contributed by atoms with E-state index in [9.17, 15) is 14.7 Å². The summed E-state index contributed by atoms with van der Waals surface area (Å²) >= 11 is 0. The van der Waals surface area contributed by atoms with Crippen LogP contribution < -0.4 is 5.32 Å². The van der Waals surface area contributed by atoms with Crippen LogP contribution in [0.3, 0.4) is 0 Å². The molecule has 0 aromatic heterocycles. The fourth-order valence-corrected chi connectivity index (χ4v) is 2.23. The van der Waals surface area contributed by atoms with E-state index in [2.05, 4.69) is 5.32 Å². The Morgan fingerprint density at radius 1 is 1.00 bits per heavy atom. The van der Waals surface area contributed by atoms with Gasteiger partial charge in [-0.15, -0.1) is 0 Å². The molecule has 0 radical (unpaired) electrons. The SMILES string of the molecule is O=C(O)CC(Cc1ccc(O)cc1)NC(=O)OCc1ccccc1. The third kappa shape index (κ3) is 6.00. The molecular weight excluding hydrogens is 310 g/mol. The van der Waals surface area contributed by atoms with Crippen LogP contribution in [0.2, 0.25) is 0 Å². The molecule has 1 unspecified atom stereocenters. The summed E-state index contributed by atoms with van der Waals surface area (Å²) in [6, 6.07) is 15.0. The number of phenolic OH excluding ortho intramolecular Hbond substituents is 1. The molecule has 0 saturated heterocycles. The minimum atomic E-state index is -1.01. The van der Waals surface area contributed by atoms with E-state index in [0.717, 1.165) is 11.1 Å². The van der Waals surface area contributed by atoms with Gasteiger partial charge in [-0.1, -0.05) is 42.5 Å². The third-order valence-electron chi connectivity index (χ3n) is 3.37. The topological polar surface area (TPSA) is 95.9 Å². The van der Waals surface area contributed by atoms with Crippen LogP contribution in [0.15, 0.2) is 54.6 Å². The molecule has 126 valence electrons. The zero-order chi connectivity index (χ0) is 17.4. The molecule has 0 saturated carbocycles. The molecular formula is C18H19NO5. The molecule has 0 fully saturated rings. The highest BCUT2D eigenvalue weighted by molar-refractivity contribution is 5.71. The summed E-state index contributed by atoms with van der Waals surface area (Å²) < 4.78 is 5.11. The van der Waals surface area contributed by atoms with Crippen LogP contribution in [0, 0.1) is 0 Å². The lowest BCUT2D eigenvalue weighted by molar-refractivity contribution is -0.137. The van der Waals surface area contributed by atoms with Crippen LogP contribution >= 0.6 is 0 Å². The van der Waals surface area contributed by atoms with Gasteiger partial charge in [0.15, 0.2) is 0 Å². The predicted octanol–water partition coefficient (Wildman–Crippen LogP) is 2.70. The van der Waals surface area contributed by atoms with Crippen molar-refractivity contribution in [3.63, 3.8) is 0 Å². The number of carbonyl (C=O) groups is 2. The normalized spacial score (nSPS) is 11.5. The van der Waals surface area contributed by atoms with Crippen molar-refractivity contribution in [2.75, 3.05) is 0 Å². The van der Waals surface area contributed by atoms with Crippen molar-refractivity contribution in [3.8, 4) is 5.75 Å². The molecule has 0 spiro atoms. The van der Waals surface area contributed by atoms with Crippen LogP contribution in [0.1, 0.15) is 17.5 Å². The largest absolute Gasteiger partial charge is 0.508 e. The fraction of sp³-hybridized carbons (Fsp3) is 0.222. The van der Waals surface area contributed by atoms with E-state index in [1.54, 1.807) is 12.1 Å². The summed E-state index contributed by atoms with van der Waals surface area (Å²) in [4.78, 5) is 22.9. The number of amides is 1. The average molecular weight is 329 g/mol. The molecule has 2 aromatic carbocycles. The number of hydrogen-bond donors (Lipinski definition) is 3. The number of hydrogen-bond acceptors (Lipinski definition) is 4. The van der Waals surface area contributed by atoms with Crippen molar-refractivity contribution in [3.05, 3.63) is 65.7 Å². The standard InChI is InChI=1S/C18H19NO5/c20-16-8-6-13(7-9-16)10-15(11-17(21)22)19-18(23)24-12-14-4-2-1-3-5-14/h1-9,15,20H,10-12H2,(H,19,23)(H,21,22). The van der Waals surface area contributed by atoms with Gasteiger partial charge in [0, 0.05) is 6.04 Å². The van der Waals surface area contributed by atoms with Crippen LogP contribution in [-0.2, 0) is 22.6 Å². The lowest BCUT2D eigenvalue weighted by atomic mass is 10.0. The predicted molar refractivity (Wildman–Crippen MR) is 87.6 cm³/mol. The second-order valence-corrected chi connectivity index (χ2v) is 5.37. The molecule has 2 rings (SSSR count).